The van der Waals surface area contributed by atoms with Crippen LogP contribution in [0, 0.1) is 29.9 Å². The molecule has 92 valence electrons. The van der Waals surface area contributed by atoms with Crippen LogP contribution in [0.15, 0.2) is 22.6 Å². The van der Waals surface area contributed by atoms with E-state index in [2.05, 4.69) is 10.3 Å². The lowest BCUT2D eigenvalue weighted by molar-refractivity contribution is 0.507. The third-order valence-corrected chi connectivity index (χ3v) is 2.28. The highest BCUT2D eigenvalue weighted by Gasteiger charge is 2.10. The highest BCUT2D eigenvalue weighted by molar-refractivity contribution is 5.45. The van der Waals surface area contributed by atoms with Crippen LogP contribution in [0.1, 0.15) is 17.1 Å². The fourth-order valence-corrected chi connectivity index (χ4v) is 1.45. The molecule has 2 rings (SSSR count). The summed E-state index contributed by atoms with van der Waals surface area (Å²) in [5.41, 5.74) is 0.668. The van der Waals surface area contributed by atoms with E-state index < -0.39 is 11.6 Å². The zero-order chi connectivity index (χ0) is 13.1. The van der Waals surface area contributed by atoms with Gasteiger partial charge in [-0.05, 0) is 17.7 Å². The minimum atomic E-state index is -0.913. The molecule has 1 aromatic heterocycles. The van der Waals surface area contributed by atoms with Gasteiger partial charge in [-0.25, -0.2) is 13.8 Å². The summed E-state index contributed by atoms with van der Waals surface area (Å²) in [6, 6.07) is 5.44. The molecule has 0 aliphatic rings. The number of nitriles is 1. The van der Waals surface area contributed by atoms with Gasteiger partial charge in [0.05, 0.1) is 0 Å². The molecule has 0 spiro atoms. The first-order chi connectivity index (χ1) is 8.60. The predicted molar refractivity (Wildman–Crippen MR) is 59.6 cm³/mol. The minimum Gasteiger partial charge on any atom is -0.424 e. The van der Waals surface area contributed by atoms with Crippen LogP contribution in [-0.4, -0.2) is 4.98 Å². The molecule has 0 saturated carbocycles. The largest absolute Gasteiger partial charge is 0.424 e. The predicted octanol–water partition coefficient (Wildman–Crippen LogP) is 2.75. The lowest BCUT2D eigenvalue weighted by Crippen LogP contribution is -2.01. The van der Waals surface area contributed by atoms with Crippen LogP contribution in [0.5, 0.6) is 0 Å². The highest BCUT2D eigenvalue weighted by Crippen LogP contribution is 2.17. The van der Waals surface area contributed by atoms with E-state index in [0.29, 0.717) is 11.5 Å². The van der Waals surface area contributed by atoms with Crippen molar-refractivity contribution in [1.82, 2.24) is 4.98 Å². The molecule has 0 fully saturated rings. The standard InChI is InChI=1S/C12H9F2N3O/c1-7-17-11(5-15)12(18-7)16-6-8-2-3-9(13)10(14)4-8/h2-4,16H,6H2,1H3. The van der Waals surface area contributed by atoms with Gasteiger partial charge in [-0.3, -0.25) is 0 Å². The fourth-order valence-electron chi connectivity index (χ4n) is 1.45. The van der Waals surface area contributed by atoms with E-state index in [1.807, 2.05) is 6.07 Å². The van der Waals surface area contributed by atoms with Gasteiger partial charge in [-0.1, -0.05) is 6.07 Å². The molecule has 0 aliphatic carbocycles. The average Bonchev–Trinajstić information content (AvgIpc) is 2.71. The molecule has 0 atom stereocenters. The number of anilines is 1. The zero-order valence-corrected chi connectivity index (χ0v) is 9.50. The van der Waals surface area contributed by atoms with Gasteiger partial charge in [0, 0.05) is 13.5 Å². The van der Waals surface area contributed by atoms with Crippen molar-refractivity contribution < 1.29 is 13.2 Å². The molecule has 1 N–H and O–H groups in total. The summed E-state index contributed by atoms with van der Waals surface area (Å²) < 4.78 is 30.8. The topological polar surface area (TPSA) is 61.9 Å². The second-order valence-corrected chi connectivity index (χ2v) is 3.62. The van der Waals surface area contributed by atoms with Crippen LogP contribution >= 0.6 is 0 Å². The molecular weight excluding hydrogens is 240 g/mol. The SMILES string of the molecule is Cc1nc(C#N)c(NCc2ccc(F)c(F)c2)o1. The van der Waals surface area contributed by atoms with Gasteiger partial charge in [-0.15, -0.1) is 0 Å². The molecule has 0 bridgehead atoms. The normalized spacial score (nSPS) is 10.1. The maximum absolute atomic E-state index is 13.0. The third-order valence-electron chi connectivity index (χ3n) is 2.28. The molecular formula is C12H9F2N3O. The number of halogens is 2. The Bertz CT molecular complexity index is 616. The molecule has 0 saturated heterocycles. The molecule has 4 nitrogen and oxygen atoms in total. The monoisotopic (exact) mass is 249 g/mol. The number of aryl methyl sites for hydroxylation is 1. The maximum atomic E-state index is 13.0. The van der Waals surface area contributed by atoms with Crippen LogP contribution in [0.3, 0.4) is 0 Å². The van der Waals surface area contributed by atoms with E-state index in [1.165, 1.54) is 6.07 Å². The number of hydrogen-bond donors (Lipinski definition) is 1. The van der Waals surface area contributed by atoms with Crippen molar-refractivity contribution in [2.24, 2.45) is 0 Å². The Morgan fingerprint density at radius 1 is 1.39 bits per heavy atom. The maximum Gasteiger partial charge on any atom is 0.232 e. The molecule has 6 heteroatoms. The van der Waals surface area contributed by atoms with Crippen molar-refractivity contribution >= 4 is 5.88 Å². The summed E-state index contributed by atoms with van der Waals surface area (Å²) in [5, 5.41) is 11.6. The number of aromatic nitrogens is 1. The van der Waals surface area contributed by atoms with Crippen molar-refractivity contribution in [3.05, 3.63) is 47.0 Å². The molecule has 2 aromatic rings. The number of benzene rings is 1. The first kappa shape index (κ1) is 12.0. The molecule has 18 heavy (non-hydrogen) atoms. The fraction of sp³-hybridized carbons (Fsp3) is 0.167. The smallest absolute Gasteiger partial charge is 0.232 e. The van der Waals surface area contributed by atoms with E-state index in [-0.39, 0.29) is 18.1 Å². The van der Waals surface area contributed by atoms with Crippen molar-refractivity contribution in [1.29, 1.82) is 5.26 Å². The first-order valence-electron chi connectivity index (χ1n) is 5.15. The zero-order valence-electron chi connectivity index (χ0n) is 9.50. The van der Waals surface area contributed by atoms with Crippen molar-refractivity contribution in [3.8, 4) is 6.07 Å². The number of nitrogens with one attached hydrogen (secondary N) is 1. The summed E-state index contributed by atoms with van der Waals surface area (Å²) in [7, 11) is 0. The van der Waals surface area contributed by atoms with Crippen molar-refractivity contribution in [3.63, 3.8) is 0 Å². The van der Waals surface area contributed by atoms with E-state index in [0.717, 1.165) is 12.1 Å². The van der Waals surface area contributed by atoms with Gasteiger partial charge in [0.1, 0.15) is 6.07 Å². The Kier molecular flexibility index (Phi) is 3.24. The van der Waals surface area contributed by atoms with Gasteiger partial charge in [-0.2, -0.15) is 5.26 Å². The van der Waals surface area contributed by atoms with Crippen LogP contribution in [0.25, 0.3) is 0 Å². The summed E-state index contributed by atoms with van der Waals surface area (Å²) in [6.07, 6.45) is 0. The Labute approximate surface area is 102 Å². The summed E-state index contributed by atoms with van der Waals surface area (Å²) in [5.74, 6) is -1.23. The molecule has 1 aromatic carbocycles. The van der Waals surface area contributed by atoms with Crippen molar-refractivity contribution in [2.45, 2.75) is 13.5 Å². The van der Waals surface area contributed by atoms with Gasteiger partial charge in [0.2, 0.25) is 11.6 Å². The molecule has 0 unspecified atom stereocenters. The molecule has 1 heterocycles. The number of oxazole rings is 1. The van der Waals surface area contributed by atoms with Gasteiger partial charge >= 0.3 is 0 Å². The van der Waals surface area contributed by atoms with Crippen LogP contribution in [-0.2, 0) is 6.54 Å². The summed E-state index contributed by atoms with van der Waals surface area (Å²) in [4.78, 5) is 3.85. The van der Waals surface area contributed by atoms with Gasteiger partial charge in [0.15, 0.2) is 17.5 Å². The number of hydrogen-bond acceptors (Lipinski definition) is 4. The van der Waals surface area contributed by atoms with Crippen LogP contribution in [0.4, 0.5) is 14.7 Å². The molecule has 0 radical (unpaired) electrons. The number of nitrogens with zero attached hydrogens (tertiary/aromatic N) is 2. The Morgan fingerprint density at radius 2 is 2.17 bits per heavy atom. The molecule has 0 amide bonds. The molecule has 0 aliphatic heterocycles. The summed E-state index contributed by atoms with van der Waals surface area (Å²) >= 11 is 0. The van der Waals surface area contributed by atoms with Crippen molar-refractivity contribution in [2.75, 3.05) is 5.32 Å². The number of rotatable bonds is 3. The Balaban J connectivity index is 2.11. The van der Waals surface area contributed by atoms with Gasteiger partial charge in [0.25, 0.3) is 0 Å². The van der Waals surface area contributed by atoms with Gasteiger partial charge < -0.3 is 9.73 Å². The second-order valence-electron chi connectivity index (χ2n) is 3.62. The third kappa shape index (κ3) is 2.46. The highest BCUT2D eigenvalue weighted by atomic mass is 19.2. The minimum absolute atomic E-state index is 0.134. The lowest BCUT2D eigenvalue weighted by atomic mass is 10.2. The Hall–Kier alpha value is -2.42. The van der Waals surface area contributed by atoms with Crippen LogP contribution < -0.4 is 5.32 Å². The van der Waals surface area contributed by atoms with Crippen LogP contribution in [0.2, 0.25) is 0 Å². The van der Waals surface area contributed by atoms with E-state index in [4.69, 9.17) is 9.68 Å². The van der Waals surface area contributed by atoms with E-state index in [1.54, 1.807) is 6.92 Å². The average molecular weight is 249 g/mol. The first-order valence-corrected chi connectivity index (χ1v) is 5.15. The van der Waals surface area contributed by atoms with E-state index in [9.17, 15) is 8.78 Å². The second kappa shape index (κ2) is 4.84. The Morgan fingerprint density at radius 3 is 2.83 bits per heavy atom. The summed E-state index contributed by atoms with van der Waals surface area (Å²) in [6.45, 7) is 1.82. The lowest BCUT2D eigenvalue weighted by Gasteiger charge is -2.03. The quantitative estimate of drug-likeness (QED) is 0.908. The van der Waals surface area contributed by atoms with E-state index >= 15 is 0 Å².